The molecule has 3 heterocycles. The van der Waals surface area contributed by atoms with E-state index in [1.54, 1.807) is 24.1 Å². The van der Waals surface area contributed by atoms with Crippen LogP contribution in [0.4, 0.5) is 15.3 Å². The summed E-state index contributed by atoms with van der Waals surface area (Å²) in [5.41, 5.74) is 2.64. The molecule has 0 spiro atoms. The van der Waals surface area contributed by atoms with Crippen LogP contribution in [0.15, 0.2) is 21.3 Å². The van der Waals surface area contributed by atoms with Crippen LogP contribution in [0.25, 0.3) is 11.1 Å². The van der Waals surface area contributed by atoms with E-state index in [2.05, 4.69) is 10.1 Å². The van der Waals surface area contributed by atoms with Crippen LogP contribution in [-0.2, 0) is 22.9 Å². The molecule has 9 nitrogen and oxygen atoms in total. The number of fused-ring (bicyclic) bond motifs is 5. The largest absolute Gasteiger partial charge is 0.453 e. The number of anilines is 1. The minimum atomic E-state index is -0.587. The van der Waals surface area contributed by atoms with E-state index in [0.29, 0.717) is 23.2 Å². The van der Waals surface area contributed by atoms with Gasteiger partial charge in [-0.05, 0) is 12.1 Å². The van der Waals surface area contributed by atoms with Crippen molar-refractivity contribution in [1.82, 2.24) is 9.88 Å². The van der Waals surface area contributed by atoms with E-state index in [0.717, 1.165) is 5.56 Å². The first kappa shape index (κ1) is 14.6. The lowest BCUT2D eigenvalue weighted by Crippen LogP contribution is -2.40. The van der Waals surface area contributed by atoms with Gasteiger partial charge in [0.25, 0.3) is 0 Å². The topological polar surface area (TPSA) is 103 Å². The summed E-state index contributed by atoms with van der Waals surface area (Å²) < 4.78 is 16.6. The molecule has 1 aromatic carbocycles. The molecule has 2 atom stereocenters. The summed E-state index contributed by atoms with van der Waals surface area (Å²) in [6, 6.07) is 3.26. The molecule has 0 aliphatic carbocycles. The maximum atomic E-state index is 12.2. The number of hydrogen-bond acceptors (Lipinski definition) is 6. The van der Waals surface area contributed by atoms with Crippen molar-refractivity contribution >= 4 is 29.0 Å². The molecule has 2 aliphatic heterocycles. The molecule has 2 aliphatic rings. The number of nitrogens with one attached hydrogen (secondary N) is 1. The first-order valence-electron chi connectivity index (χ1n) is 7.44. The highest BCUT2D eigenvalue weighted by atomic mass is 16.6. The van der Waals surface area contributed by atoms with E-state index in [-0.39, 0.29) is 12.6 Å². The second-order valence-corrected chi connectivity index (χ2v) is 5.77. The summed E-state index contributed by atoms with van der Waals surface area (Å²) in [4.78, 5) is 36.7. The summed E-state index contributed by atoms with van der Waals surface area (Å²) >= 11 is 0. The van der Waals surface area contributed by atoms with Gasteiger partial charge in [-0.15, -0.1) is 0 Å². The summed E-state index contributed by atoms with van der Waals surface area (Å²) in [6.45, 7) is 0.148. The van der Waals surface area contributed by atoms with E-state index in [1.165, 1.54) is 11.7 Å². The monoisotopic (exact) mass is 333 g/mol. The Balaban J connectivity index is 1.70. The van der Waals surface area contributed by atoms with E-state index in [4.69, 9.17) is 9.15 Å². The van der Waals surface area contributed by atoms with Gasteiger partial charge in [-0.3, -0.25) is 9.47 Å². The molecule has 9 heteroatoms. The SMILES string of the molecule is COC(=O)NC[C@@H]1OC(=O)N2c3ccc4c(oc(=O)n4C)c3C[C@@H]12. The Morgan fingerprint density at radius 1 is 1.42 bits per heavy atom. The van der Waals surface area contributed by atoms with Crippen molar-refractivity contribution in [3.8, 4) is 0 Å². The number of hydrogen-bond donors (Lipinski definition) is 1. The molecule has 4 rings (SSSR count). The number of amides is 2. The zero-order valence-corrected chi connectivity index (χ0v) is 13.1. The molecular formula is C15H15N3O6. The number of aryl methyl sites for hydroxylation is 1. The lowest BCUT2D eigenvalue weighted by atomic mass is 10.0. The second kappa shape index (κ2) is 5.02. The maximum absolute atomic E-state index is 12.2. The third-order valence-electron chi connectivity index (χ3n) is 4.56. The molecule has 0 bridgehead atoms. The van der Waals surface area contributed by atoms with Gasteiger partial charge in [0, 0.05) is 19.0 Å². The molecule has 1 aromatic heterocycles. The van der Waals surface area contributed by atoms with Gasteiger partial charge >= 0.3 is 17.9 Å². The van der Waals surface area contributed by atoms with Gasteiger partial charge in [0.2, 0.25) is 0 Å². The van der Waals surface area contributed by atoms with Crippen LogP contribution in [0.3, 0.4) is 0 Å². The van der Waals surface area contributed by atoms with Gasteiger partial charge in [0.05, 0.1) is 30.9 Å². The van der Waals surface area contributed by atoms with Gasteiger partial charge in [-0.25, -0.2) is 14.4 Å². The summed E-state index contributed by atoms with van der Waals surface area (Å²) in [5, 5.41) is 2.54. The normalized spacial score (nSPS) is 21.6. The third kappa shape index (κ3) is 1.90. The van der Waals surface area contributed by atoms with Crippen LogP contribution in [-0.4, -0.2) is 42.6 Å². The van der Waals surface area contributed by atoms with Crippen molar-refractivity contribution in [3.63, 3.8) is 0 Å². The molecule has 126 valence electrons. The quantitative estimate of drug-likeness (QED) is 0.869. The first-order valence-corrected chi connectivity index (χ1v) is 7.44. The molecule has 24 heavy (non-hydrogen) atoms. The van der Waals surface area contributed by atoms with Crippen molar-refractivity contribution < 1.29 is 23.5 Å². The Kier molecular flexibility index (Phi) is 3.05. The van der Waals surface area contributed by atoms with Crippen molar-refractivity contribution in [3.05, 3.63) is 28.2 Å². The summed E-state index contributed by atoms with van der Waals surface area (Å²) in [5.74, 6) is -0.447. The third-order valence-corrected chi connectivity index (χ3v) is 4.56. The summed E-state index contributed by atoms with van der Waals surface area (Å²) in [7, 11) is 2.90. The smallest absolute Gasteiger partial charge is 0.419 e. The van der Waals surface area contributed by atoms with Crippen LogP contribution in [0.5, 0.6) is 0 Å². The molecule has 0 radical (unpaired) electrons. The fourth-order valence-corrected chi connectivity index (χ4v) is 3.37. The van der Waals surface area contributed by atoms with Crippen molar-refractivity contribution in [1.29, 1.82) is 0 Å². The van der Waals surface area contributed by atoms with E-state index < -0.39 is 24.0 Å². The van der Waals surface area contributed by atoms with E-state index in [9.17, 15) is 14.4 Å². The predicted octanol–water partition coefficient (Wildman–Crippen LogP) is 0.737. The number of carbonyl (C=O) groups is 2. The van der Waals surface area contributed by atoms with Crippen LogP contribution in [0.2, 0.25) is 0 Å². The molecule has 2 amide bonds. The van der Waals surface area contributed by atoms with Crippen molar-refractivity contribution in [2.24, 2.45) is 7.05 Å². The number of alkyl carbamates (subject to hydrolysis) is 1. The molecule has 0 unspecified atom stereocenters. The zero-order valence-electron chi connectivity index (χ0n) is 13.1. The van der Waals surface area contributed by atoms with E-state index in [1.807, 2.05) is 0 Å². The average molecular weight is 333 g/mol. The molecule has 1 N–H and O–H groups in total. The minimum absolute atomic E-state index is 0.148. The highest BCUT2D eigenvalue weighted by Gasteiger charge is 2.48. The lowest BCUT2D eigenvalue weighted by molar-refractivity contribution is 0.123. The van der Waals surface area contributed by atoms with Crippen molar-refractivity contribution in [2.45, 2.75) is 18.6 Å². The molecule has 1 saturated heterocycles. The highest BCUT2D eigenvalue weighted by Crippen LogP contribution is 2.41. The Morgan fingerprint density at radius 3 is 2.96 bits per heavy atom. The van der Waals surface area contributed by atoms with E-state index >= 15 is 0 Å². The van der Waals surface area contributed by atoms with Gasteiger partial charge in [-0.1, -0.05) is 0 Å². The van der Waals surface area contributed by atoms with Crippen LogP contribution >= 0.6 is 0 Å². The van der Waals surface area contributed by atoms with Gasteiger partial charge < -0.3 is 19.2 Å². The standard InChI is InChI=1S/C15H15N3O6/c1-17-9-4-3-8-7(12(9)24-14(17)20)5-10-11(6-16-13(19)22-2)23-15(21)18(8)10/h3-4,10-11H,5-6H2,1-2H3,(H,16,19)/t10-,11-/m0/s1. The Labute approximate surface area is 135 Å². The number of methoxy groups -OCH3 is 1. The number of ether oxygens (including phenoxy) is 2. The molecule has 0 saturated carbocycles. The Hall–Kier alpha value is -2.97. The maximum Gasteiger partial charge on any atom is 0.419 e. The van der Waals surface area contributed by atoms with Crippen molar-refractivity contribution in [2.75, 3.05) is 18.6 Å². The number of aromatic nitrogens is 1. The van der Waals surface area contributed by atoms with Gasteiger partial charge in [0.1, 0.15) is 6.10 Å². The number of cyclic esters (lactones) is 1. The molecule has 2 aromatic rings. The van der Waals surface area contributed by atoms with Gasteiger partial charge in [0.15, 0.2) is 5.58 Å². The first-order chi connectivity index (χ1) is 11.5. The van der Waals surface area contributed by atoms with Crippen LogP contribution in [0.1, 0.15) is 5.56 Å². The minimum Gasteiger partial charge on any atom is -0.453 e. The molecule has 1 fully saturated rings. The Morgan fingerprint density at radius 2 is 2.21 bits per heavy atom. The number of nitrogens with zero attached hydrogens (tertiary/aromatic N) is 2. The Bertz CT molecular complexity index is 914. The second-order valence-electron chi connectivity index (χ2n) is 5.77. The number of carbonyl (C=O) groups excluding carboxylic acids is 2. The van der Waals surface area contributed by atoms with Crippen LogP contribution < -0.4 is 16.0 Å². The molecular weight excluding hydrogens is 318 g/mol. The zero-order chi connectivity index (χ0) is 17.0. The number of rotatable bonds is 2. The predicted molar refractivity (Wildman–Crippen MR) is 82.1 cm³/mol. The lowest BCUT2D eigenvalue weighted by Gasteiger charge is -2.16. The average Bonchev–Trinajstić information content (AvgIpc) is 3.18. The fourth-order valence-electron chi connectivity index (χ4n) is 3.37. The van der Waals surface area contributed by atoms with Gasteiger partial charge in [-0.2, -0.15) is 0 Å². The highest BCUT2D eigenvalue weighted by molar-refractivity contribution is 5.98. The fraction of sp³-hybridized carbons (Fsp3) is 0.400. The summed E-state index contributed by atoms with van der Waals surface area (Å²) in [6.07, 6.45) is -1.09. The number of oxazole rings is 1. The van der Waals surface area contributed by atoms with Crippen LogP contribution in [0, 0.1) is 0 Å². The number of benzene rings is 1.